The molecule has 46 heavy (non-hydrogen) atoms. The Morgan fingerprint density at radius 3 is 2.33 bits per heavy atom. The summed E-state index contributed by atoms with van der Waals surface area (Å²) in [6.45, 7) is 3.11. The first-order valence-corrected chi connectivity index (χ1v) is 14.8. The van der Waals surface area contributed by atoms with Gasteiger partial charge < -0.3 is 5.32 Å². The lowest BCUT2D eigenvalue weighted by Crippen LogP contribution is -2.28. The molecule has 0 bridgehead atoms. The molecule has 1 N–H and O–H groups in total. The number of Topliss-reactive ketones (excluding diaryl/α,β-unsaturated/α-hetero) is 1. The molecule has 0 radical (unpaired) electrons. The van der Waals surface area contributed by atoms with E-state index >= 15 is 0 Å². The van der Waals surface area contributed by atoms with Gasteiger partial charge in [-0.15, -0.1) is 10.2 Å². The monoisotopic (exact) mass is 710 g/mol. The second-order valence-corrected chi connectivity index (χ2v) is 11.8. The van der Waals surface area contributed by atoms with Crippen molar-refractivity contribution in [2.75, 3.05) is 0 Å². The van der Waals surface area contributed by atoms with Gasteiger partial charge in [0.15, 0.2) is 11.6 Å². The number of benzene rings is 2. The van der Waals surface area contributed by atoms with Crippen LogP contribution in [-0.4, -0.2) is 46.7 Å². The highest BCUT2D eigenvalue weighted by molar-refractivity contribution is 6.34. The van der Waals surface area contributed by atoms with E-state index in [9.17, 15) is 22.8 Å². The van der Waals surface area contributed by atoms with Crippen LogP contribution in [0.4, 0.5) is 13.2 Å². The van der Waals surface area contributed by atoms with Crippen LogP contribution in [0.2, 0.25) is 20.1 Å². The lowest BCUT2D eigenvalue weighted by atomic mass is 9.95. The summed E-state index contributed by atoms with van der Waals surface area (Å²) in [7, 11) is 0. The summed E-state index contributed by atoms with van der Waals surface area (Å²) >= 11 is 25.0. The van der Waals surface area contributed by atoms with E-state index in [0.717, 1.165) is 0 Å². The molecule has 17 heteroatoms. The summed E-state index contributed by atoms with van der Waals surface area (Å²) in [5.41, 5.74) is 1.89. The first kappa shape index (κ1) is 33.3. The predicted octanol–water partition coefficient (Wildman–Crippen LogP) is 7.16. The van der Waals surface area contributed by atoms with Crippen molar-refractivity contribution in [3.8, 4) is 5.82 Å². The van der Waals surface area contributed by atoms with Crippen LogP contribution in [0.1, 0.15) is 62.0 Å². The molecular weight excluding hydrogens is 691 g/mol. The van der Waals surface area contributed by atoms with Crippen molar-refractivity contribution < 1.29 is 22.8 Å². The summed E-state index contributed by atoms with van der Waals surface area (Å²) in [5, 5.41) is 18.3. The average Bonchev–Trinajstić information content (AvgIpc) is 3.62. The molecule has 3 aromatic heterocycles. The number of nitrogens with one attached hydrogen (secondary N) is 1. The number of halogens is 7. The topological polar surface area (TPSA) is 120 Å². The number of hydrogen-bond acceptors (Lipinski definition) is 7. The van der Waals surface area contributed by atoms with E-state index < -0.39 is 29.7 Å². The third kappa shape index (κ3) is 7.49. The molecule has 5 aromatic rings. The molecule has 0 aliphatic rings. The van der Waals surface area contributed by atoms with Crippen molar-refractivity contribution in [2.24, 2.45) is 0 Å². The normalized spacial score (nSPS) is 12.3. The van der Waals surface area contributed by atoms with Crippen LogP contribution < -0.4 is 5.32 Å². The molecule has 5 rings (SSSR count). The first-order chi connectivity index (χ1) is 21.7. The van der Waals surface area contributed by atoms with Gasteiger partial charge in [0.05, 0.1) is 16.8 Å². The van der Waals surface area contributed by atoms with Gasteiger partial charge in [-0.05, 0) is 84.3 Å². The molecule has 10 nitrogen and oxygen atoms in total. The number of nitrogens with zero attached hydrogens (tertiary/aromatic N) is 7. The fourth-order valence-electron chi connectivity index (χ4n) is 4.61. The molecule has 1 unspecified atom stereocenters. The zero-order valence-corrected chi connectivity index (χ0v) is 26.8. The third-order valence-electron chi connectivity index (χ3n) is 6.75. The second-order valence-electron chi connectivity index (χ2n) is 10.1. The van der Waals surface area contributed by atoms with E-state index in [-0.39, 0.29) is 45.8 Å². The van der Waals surface area contributed by atoms with Gasteiger partial charge in [-0.3, -0.25) is 9.59 Å². The number of tetrazole rings is 1. The molecule has 0 saturated heterocycles. The third-order valence-corrected chi connectivity index (χ3v) is 7.70. The number of rotatable bonds is 9. The summed E-state index contributed by atoms with van der Waals surface area (Å²) < 4.78 is 40.2. The van der Waals surface area contributed by atoms with Crippen molar-refractivity contribution in [2.45, 2.75) is 39.0 Å². The molecule has 0 spiro atoms. The maximum atomic E-state index is 13.9. The molecule has 1 amide bonds. The van der Waals surface area contributed by atoms with Gasteiger partial charge in [-0.1, -0.05) is 46.4 Å². The summed E-state index contributed by atoms with van der Waals surface area (Å²) in [6.07, 6.45) is -3.64. The minimum absolute atomic E-state index is 0.00518. The summed E-state index contributed by atoms with van der Waals surface area (Å²) in [5.74, 6) is -2.33. The number of hydrogen-bond donors (Lipinski definition) is 1. The van der Waals surface area contributed by atoms with Gasteiger partial charge in [-0.25, -0.2) is 9.67 Å². The van der Waals surface area contributed by atoms with Crippen molar-refractivity contribution >= 4 is 58.1 Å². The van der Waals surface area contributed by atoms with E-state index in [4.69, 9.17) is 46.4 Å². The fourth-order valence-corrected chi connectivity index (χ4v) is 5.63. The maximum absolute atomic E-state index is 13.9. The average molecular weight is 712 g/mol. The number of alkyl halides is 3. The van der Waals surface area contributed by atoms with Crippen molar-refractivity contribution in [3.63, 3.8) is 0 Å². The van der Waals surface area contributed by atoms with Gasteiger partial charge in [-0.2, -0.15) is 23.1 Å². The van der Waals surface area contributed by atoms with E-state index in [1.165, 1.54) is 29.1 Å². The molecule has 238 valence electrons. The number of aryl methyl sites for hydroxylation is 1. The van der Waals surface area contributed by atoms with Crippen LogP contribution in [0, 0.1) is 6.92 Å². The predicted molar refractivity (Wildman–Crippen MR) is 165 cm³/mol. The molecule has 0 fully saturated rings. The van der Waals surface area contributed by atoms with Crippen LogP contribution in [0.25, 0.3) is 5.82 Å². The minimum atomic E-state index is -4.79. The number of ketones is 1. The molecule has 2 aromatic carbocycles. The van der Waals surface area contributed by atoms with Crippen LogP contribution in [0.15, 0.2) is 54.7 Å². The zero-order valence-electron chi connectivity index (χ0n) is 23.8. The van der Waals surface area contributed by atoms with Gasteiger partial charge in [0.25, 0.3) is 11.7 Å². The Kier molecular flexibility index (Phi) is 9.68. The molecule has 3 heterocycles. The first-order valence-electron chi connectivity index (χ1n) is 13.3. The van der Waals surface area contributed by atoms with Crippen molar-refractivity contribution in [1.29, 1.82) is 0 Å². The van der Waals surface area contributed by atoms with Crippen molar-refractivity contribution in [1.82, 2.24) is 40.3 Å². The standard InChI is InChI=1S/C29H21Cl4F3N8O2/c1-14-6-17(30)10-22(27(46)38-15(2)16-7-18(31)9-19(32)8-16)21(14)12-25(45)24-11-20(13-43-41-28(39-42-43)29(34,35)36)40-44(24)26-23(33)4-3-5-37-26/h3-11,15H,12-13H2,1-2H3,(H,38,46). The Balaban J connectivity index is 1.48. The number of carbonyl (C=O) groups excluding carboxylic acids is 2. The summed E-state index contributed by atoms with van der Waals surface area (Å²) in [6, 6.07) is 12.0. The lowest BCUT2D eigenvalue weighted by Gasteiger charge is -2.18. The molecule has 0 aliphatic carbocycles. The van der Waals surface area contributed by atoms with Crippen LogP contribution in [0.5, 0.6) is 0 Å². The van der Waals surface area contributed by atoms with Gasteiger partial charge in [0.1, 0.15) is 12.2 Å². The van der Waals surface area contributed by atoms with Crippen LogP contribution in [0.3, 0.4) is 0 Å². The molecular formula is C29H21Cl4F3N8O2. The molecule has 0 aliphatic heterocycles. The van der Waals surface area contributed by atoms with E-state index in [1.54, 1.807) is 44.2 Å². The Morgan fingerprint density at radius 2 is 1.67 bits per heavy atom. The summed E-state index contributed by atoms with van der Waals surface area (Å²) in [4.78, 5) is 32.4. The Labute approximate surface area is 279 Å². The number of pyridine rings is 1. The van der Waals surface area contributed by atoms with Gasteiger partial charge in [0, 0.05) is 33.2 Å². The smallest absolute Gasteiger partial charge is 0.346 e. The van der Waals surface area contributed by atoms with E-state index in [0.29, 0.717) is 31.5 Å². The van der Waals surface area contributed by atoms with Crippen LogP contribution in [-0.2, 0) is 19.1 Å². The molecule has 0 saturated carbocycles. The fraction of sp³-hybridized carbons (Fsp3) is 0.207. The number of aromatic nitrogens is 7. The highest BCUT2D eigenvalue weighted by Crippen LogP contribution is 2.28. The highest BCUT2D eigenvalue weighted by atomic mass is 35.5. The van der Waals surface area contributed by atoms with Crippen LogP contribution >= 0.6 is 46.4 Å². The second kappa shape index (κ2) is 13.4. The number of amides is 1. The van der Waals surface area contributed by atoms with Gasteiger partial charge in [0.2, 0.25) is 0 Å². The van der Waals surface area contributed by atoms with Gasteiger partial charge >= 0.3 is 6.18 Å². The Morgan fingerprint density at radius 1 is 0.978 bits per heavy atom. The highest BCUT2D eigenvalue weighted by Gasteiger charge is 2.37. The van der Waals surface area contributed by atoms with Crippen molar-refractivity contribution in [3.05, 3.63) is 114 Å². The Hall–Kier alpha value is -4.04. The quantitative estimate of drug-likeness (QED) is 0.161. The zero-order chi connectivity index (χ0) is 33.3. The molecule has 1 atom stereocenters. The minimum Gasteiger partial charge on any atom is -0.346 e. The van der Waals surface area contributed by atoms with E-state index in [2.05, 4.69) is 30.8 Å². The van der Waals surface area contributed by atoms with E-state index in [1.807, 2.05) is 0 Å². The SMILES string of the molecule is Cc1cc(Cl)cc(C(=O)NC(C)c2cc(Cl)cc(Cl)c2)c1CC(=O)c1cc(Cn2nnc(C(F)(F)F)n2)nn1-c1ncccc1Cl. The number of carbonyl (C=O) groups is 2. The maximum Gasteiger partial charge on any atom is 0.455 e. The lowest BCUT2D eigenvalue weighted by molar-refractivity contribution is -0.145. The largest absolute Gasteiger partial charge is 0.455 e. The Bertz CT molecular complexity index is 1940.